The van der Waals surface area contributed by atoms with Gasteiger partial charge in [0, 0.05) is 56.9 Å². The average Bonchev–Trinajstić information content (AvgIpc) is 3.27. The Hall–Kier alpha value is -3.47. The predicted octanol–water partition coefficient (Wildman–Crippen LogP) is 2.58. The average molecular weight is 483 g/mol. The van der Waals surface area contributed by atoms with Crippen molar-refractivity contribution >= 4 is 28.8 Å². The van der Waals surface area contributed by atoms with E-state index in [0.29, 0.717) is 47.0 Å². The van der Waals surface area contributed by atoms with Crippen molar-refractivity contribution in [3.8, 4) is 11.3 Å². The van der Waals surface area contributed by atoms with E-state index in [1.807, 2.05) is 26.0 Å². The summed E-state index contributed by atoms with van der Waals surface area (Å²) in [6.07, 6.45) is 1.37. The maximum atomic E-state index is 15.2. The molecule has 1 N–H and O–H groups in total. The first-order valence-corrected chi connectivity index (χ1v) is 11.9. The van der Waals surface area contributed by atoms with E-state index in [-0.39, 0.29) is 24.0 Å². The van der Waals surface area contributed by atoms with Crippen molar-refractivity contribution in [2.24, 2.45) is 0 Å². The molecule has 2 unspecified atom stereocenters. The number of likely N-dealkylation sites (N-methyl/N-ethyl adjacent to an activating group) is 1. The van der Waals surface area contributed by atoms with E-state index in [0.717, 1.165) is 26.2 Å². The van der Waals surface area contributed by atoms with Crippen LogP contribution < -0.4 is 9.80 Å². The molecule has 0 saturated carbocycles. The Kier molecular flexibility index (Phi) is 6.18. The van der Waals surface area contributed by atoms with Crippen molar-refractivity contribution in [1.29, 1.82) is 0 Å². The van der Waals surface area contributed by atoms with Gasteiger partial charge in [-0.3, -0.25) is 5.10 Å². The molecule has 2 aliphatic rings. The lowest BCUT2D eigenvalue weighted by Gasteiger charge is -2.43. The van der Waals surface area contributed by atoms with Gasteiger partial charge in [-0.25, -0.2) is 19.2 Å². The molecule has 0 aliphatic carbocycles. The molecule has 2 atom stereocenters. The van der Waals surface area contributed by atoms with Crippen LogP contribution in [0.2, 0.25) is 0 Å². The summed E-state index contributed by atoms with van der Waals surface area (Å²) >= 11 is 0. The number of hydrogen-bond donors (Lipinski definition) is 1. The number of halogens is 1. The third-order valence-corrected chi connectivity index (χ3v) is 6.94. The molecule has 3 aromatic rings. The number of carbonyl (C=O) groups is 1. The summed E-state index contributed by atoms with van der Waals surface area (Å²) in [6.45, 7) is 8.50. The second-order valence-corrected chi connectivity index (χ2v) is 9.44. The van der Waals surface area contributed by atoms with Gasteiger partial charge in [0.05, 0.1) is 19.0 Å². The van der Waals surface area contributed by atoms with E-state index in [1.165, 1.54) is 13.2 Å². The zero-order chi connectivity index (χ0) is 24.7. The monoisotopic (exact) mass is 482 g/mol. The fourth-order valence-electron chi connectivity index (χ4n) is 5.08. The fourth-order valence-corrected chi connectivity index (χ4v) is 5.08. The van der Waals surface area contributed by atoms with Crippen molar-refractivity contribution in [2.75, 3.05) is 63.2 Å². The second kappa shape index (κ2) is 9.29. The van der Waals surface area contributed by atoms with E-state index in [9.17, 15) is 4.79 Å². The smallest absolute Gasteiger partial charge is 0.409 e. The summed E-state index contributed by atoms with van der Waals surface area (Å²) in [6, 6.07) is 5.24. The summed E-state index contributed by atoms with van der Waals surface area (Å²) in [4.78, 5) is 29.5. The molecule has 1 amide bonds. The third-order valence-electron chi connectivity index (χ3n) is 6.94. The molecule has 4 heterocycles. The molecule has 0 spiro atoms. The molecular formula is C24H31FN8O2. The van der Waals surface area contributed by atoms with Crippen molar-refractivity contribution in [3.05, 3.63) is 30.2 Å². The Labute approximate surface area is 203 Å². The van der Waals surface area contributed by atoms with Gasteiger partial charge in [-0.05, 0) is 33.0 Å². The molecule has 2 fully saturated rings. The highest BCUT2D eigenvalue weighted by Crippen LogP contribution is 2.31. The van der Waals surface area contributed by atoms with Gasteiger partial charge in [0.25, 0.3) is 0 Å². The number of amides is 1. The summed E-state index contributed by atoms with van der Waals surface area (Å²) in [5, 5.41) is 7.40. The number of fused-ring (bicyclic) bond motifs is 1. The molecule has 35 heavy (non-hydrogen) atoms. The van der Waals surface area contributed by atoms with Crippen LogP contribution in [-0.4, -0.2) is 102 Å². The van der Waals surface area contributed by atoms with Gasteiger partial charge < -0.3 is 24.3 Å². The molecule has 5 rings (SSSR count). The molecule has 2 aliphatic heterocycles. The Bertz CT molecular complexity index is 1210. The highest BCUT2D eigenvalue weighted by Gasteiger charge is 2.34. The number of methoxy groups -OCH3 is 1. The molecule has 11 heteroatoms. The first kappa shape index (κ1) is 23.3. The van der Waals surface area contributed by atoms with Crippen LogP contribution in [0.15, 0.2) is 24.4 Å². The number of H-pyrrole nitrogens is 1. The molecule has 186 valence electrons. The van der Waals surface area contributed by atoms with E-state index >= 15 is 4.39 Å². The Balaban J connectivity index is 1.43. The molecule has 0 bridgehead atoms. The number of ether oxygens (including phenoxy) is 1. The summed E-state index contributed by atoms with van der Waals surface area (Å²) in [7, 11) is 3.47. The van der Waals surface area contributed by atoms with Crippen LogP contribution in [0.1, 0.15) is 13.8 Å². The number of carbonyl (C=O) groups excluding carboxylic acids is 1. The number of nitrogens with one attached hydrogen (secondary N) is 1. The van der Waals surface area contributed by atoms with Crippen LogP contribution >= 0.6 is 0 Å². The predicted molar refractivity (Wildman–Crippen MR) is 132 cm³/mol. The van der Waals surface area contributed by atoms with Gasteiger partial charge in [0.15, 0.2) is 0 Å². The van der Waals surface area contributed by atoms with Crippen LogP contribution in [0.4, 0.5) is 20.8 Å². The minimum atomic E-state index is -0.334. The molecular weight excluding hydrogens is 451 g/mol. The standard InChI is InChI=1S/C24H31FN8O2/c1-15-13-32(24(34)35-4)14-16(2)33(15)23-26-12-19-22(27-23)21(29-28-19)17-5-6-20(18(25)11-17)31-9-7-30(3)8-10-31/h5-6,11-12,15-16H,7-10,13-14H2,1-4H3,(H,28,29). The number of anilines is 2. The quantitative estimate of drug-likeness (QED) is 0.609. The Morgan fingerprint density at radius 1 is 1.14 bits per heavy atom. The summed E-state index contributed by atoms with van der Waals surface area (Å²) in [5.41, 5.74) is 3.18. The zero-order valence-electron chi connectivity index (χ0n) is 20.5. The van der Waals surface area contributed by atoms with Crippen LogP contribution in [0.3, 0.4) is 0 Å². The van der Waals surface area contributed by atoms with Gasteiger partial charge in [-0.15, -0.1) is 0 Å². The molecule has 0 radical (unpaired) electrons. The maximum Gasteiger partial charge on any atom is 0.409 e. The van der Waals surface area contributed by atoms with E-state index in [2.05, 4.69) is 36.9 Å². The van der Waals surface area contributed by atoms with Gasteiger partial charge in [0.1, 0.15) is 22.5 Å². The van der Waals surface area contributed by atoms with Crippen molar-refractivity contribution < 1.29 is 13.9 Å². The fraction of sp³-hybridized carbons (Fsp3) is 0.500. The first-order chi connectivity index (χ1) is 16.9. The minimum absolute atomic E-state index is 0.00836. The van der Waals surface area contributed by atoms with Crippen LogP contribution in [0, 0.1) is 5.82 Å². The second-order valence-electron chi connectivity index (χ2n) is 9.44. The van der Waals surface area contributed by atoms with Gasteiger partial charge in [-0.1, -0.05) is 6.07 Å². The Morgan fingerprint density at radius 3 is 2.51 bits per heavy atom. The number of aromatic amines is 1. The summed E-state index contributed by atoms with van der Waals surface area (Å²) < 4.78 is 20.0. The number of rotatable bonds is 3. The molecule has 2 saturated heterocycles. The van der Waals surface area contributed by atoms with E-state index < -0.39 is 0 Å². The zero-order valence-corrected chi connectivity index (χ0v) is 20.5. The lowest BCUT2D eigenvalue weighted by molar-refractivity contribution is 0.109. The van der Waals surface area contributed by atoms with Crippen LogP contribution in [0.25, 0.3) is 22.3 Å². The topological polar surface area (TPSA) is 93.7 Å². The molecule has 1 aromatic carbocycles. The van der Waals surface area contributed by atoms with Crippen molar-refractivity contribution in [2.45, 2.75) is 25.9 Å². The molecule has 10 nitrogen and oxygen atoms in total. The van der Waals surface area contributed by atoms with E-state index in [1.54, 1.807) is 11.1 Å². The Morgan fingerprint density at radius 2 is 1.86 bits per heavy atom. The third kappa shape index (κ3) is 4.36. The number of piperazine rings is 2. The maximum absolute atomic E-state index is 15.2. The number of nitrogens with zero attached hydrogens (tertiary/aromatic N) is 7. The highest BCUT2D eigenvalue weighted by atomic mass is 19.1. The SMILES string of the molecule is COC(=O)N1CC(C)N(c2ncc3[nH]nc(-c4ccc(N5CCN(C)CC5)c(F)c4)c3n2)C(C)C1. The van der Waals surface area contributed by atoms with Gasteiger partial charge >= 0.3 is 6.09 Å². The number of hydrogen-bond acceptors (Lipinski definition) is 8. The van der Waals surface area contributed by atoms with Crippen LogP contribution in [0.5, 0.6) is 0 Å². The van der Waals surface area contributed by atoms with Crippen molar-refractivity contribution in [3.63, 3.8) is 0 Å². The van der Waals surface area contributed by atoms with Crippen LogP contribution in [-0.2, 0) is 4.74 Å². The largest absolute Gasteiger partial charge is 0.453 e. The lowest BCUT2D eigenvalue weighted by Crippen LogP contribution is -2.58. The normalized spacial score (nSPS) is 21.6. The highest BCUT2D eigenvalue weighted by molar-refractivity contribution is 5.90. The minimum Gasteiger partial charge on any atom is -0.453 e. The lowest BCUT2D eigenvalue weighted by atomic mass is 10.1. The van der Waals surface area contributed by atoms with Crippen molar-refractivity contribution in [1.82, 2.24) is 30.0 Å². The molecule has 2 aromatic heterocycles. The number of benzene rings is 1. The van der Waals surface area contributed by atoms with Gasteiger partial charge in [0.2, 0.25) is 5.95 Å². The first-order valence-electron chi connectivity index (χ1n) is 11.9. The van der Waals surface area contributed by atoms with Gasteiger partial charge in [-0.2, -0.15) is 5.10 Å². The summed E-state index contributed by atoms with van der Waals surface area (Å²) in [5.74, 6) is 0.290. The number of aromatic nitrogens is 4. The van der Waals surface area contributed by atoms with E-state index in [4.69, 9.17) is 9.72 Å².